The highest BCUT2D eigenvalue weighted by Crippen LogP contribution is 2.41. The number of piperidine rings is 1. The van der Waals surface area contributed by atoms with Gasteiger partial charge in [-0.25, -0.2) is 9.59 Å². The topological polar surface area (TPSA) is 145 Å². The maximum Gasteiger partial charge on any atom is 0.344 e. The van der Waals surface area contributed by atoms with Crippen molar-refractivity contribution < 1.29 is 57.1 Å². The van der Waals surface area contributed by atoms with Crippen LogP contribution < -0.4 is 18.9 Å². The summed E-state index contributed by atoms with van der Waals surface area (Å²) in [6.45, 7) is 12.2. The first-order chi connectivity index (χ1) is 25.1. The van der Waals surface area contributed by atoms with E-state index in [1.165, 1.54) is 26.2 Å². The third-order valence-electron chi connectivity index (χ3n) is 8.44. The Hall–Kier alpha value is -4.62. The molecule has 13 nitrogen and oxygen atoms in total. The van der Waals surface area contributed by atoms with Crippen LogP contribution in [0, 0.1) is 5.41 Å². The number of carbonyl (C=O) groups excluding carboxylic acids is 4. The number of Topliss-reactive ketones (excluding diaryl/α,β-unsaturated/α-hetero) is 1. The maximum atomic E-state index is 14.1. The number of nitrogens with zero attached hydrogens (tertiary/aromatic N) is 1. The highest BCUT2D eigenvalue weighted by molar-refractivity contribution is 6.38. The fourth-order valence-electron chi connectivity index (χ4n) is 5.87. The summed E-state index contributed by atoms with van der Waals surface area (Å²) in [4.78, 5) is 54.9. The molecule has 1 aliphatic rings. The summed E-state index contributed by atoms with van der Waals surface area (Å²) >= 11 is 0. The molecule has 13 heteroatoms. The van der Waals surface area contributed by atoms with Gasteiger partial charge >= 0.3 is 11.9 Å². The fourth-order valence-corrected chi connectivity index (χ4v) is 5.87. The van der Waals surface area contributed by atoms with Gasteiger partial charge in [0, 0.05) is 6.54 Å². The molecule has 0 N–H and O–H groups in total. The summed E-state index contributed by atoms with van der Waals surface area (Å²) in [7, 11) is 4.59. The number of ether oxygens (including phenoxy) is 8. The Bertz CT molecular complexity index is 1560. The first kappa shape index (κ1) is 42.8. The maximum absolute atomic E-state index is 14.1. The second kappa shape index (κ2) is 20.0. The van der Waals surface area contributed by atoms with E-state index in [1.54, 1.807) is 71.0 Å². The van der Waals surface area contributed by atoms with Crippen LogP contribution in [0.5, 0.6) is 23.0 Å². The third kappa shape index (κ3) is 12.5. The Morgan fingerprint density at radius 3 is 2.34 bits per heavy atom. The van der Waals surface area contributed by atoms with Crippen LogP contribution in [0.3, 0.4) is 0 Å². The number of benzene rings is 2. The molecular formula is C40H55NO12. The number of rotatable bonds is 20. The van der Waals surface area contributed by atoms with E-state index in [4.69, 9.17) is 37.9 Å². The number of ketones is 1. The Morgan fingerprint density at radius 1 is 0.943 bits per heavy atom. The van der Waals surface area contributed by atoms with Gasteiger partial charge < -0.3 is 42.8 Å². The molecule has 1 fully saturated rings. The second-order valence-electron chi connectivity index (χ2n) is 14.3. The molecule has 292 valence electrons. The van der Waals surface area contributed by atoms with Crippen molar-refractivity contribution in [3.63, 3.8) is 0 Å². The van der Waals surface area contributed by atoms with Gasteiger partial charge in [0.25, 0.3) is 5.91 Å². The molecule has 0 aromatic heterocycles. The van der Waals surface area contributed by atoms with Crippen LogP contribution in [-0.2, 0) is 44.5 Å². The van der Waals surface area contributed by atoms with Gasteiger partial charge in [-0.3, -0.25) is 9.59 Å². The molecule has 2 atom stereocenters. The molecule has 0 bridgehead atoms. The molecule has 3 rings (SSSR count). The normalized spacial score (nSPS) is 15.2. The molecule has 2 aromatic rings. The van der Waals surface area contributed by atoms with E-state index in [-0.39, 0.29) is 33.2 Å². The molecule has 1 aliphatic heterocycles. The van der Waals surface area contributed by atoms with Crippen molar-refractivity contribution in [2.45, 2.75) is 84.5 Å². The monoisotopic (exact) mass is 741 g/mol. The quantitative estimate of drug-likeness (QED) is 0.0532. The predicted octanol–water partition coefficient (Wildman–Crippen LogP) is 5.80. The van der Waals surface area contributed by atoms with Gasteiger partial charge in [0.1, 0.15) is 30.3 Å². The molecule has 1 heterocycles. The van der Waals surface area contributed by atoms with Crippen molar-refractivity contribution in [1.29, 1.82) is 0 Å². The summed E-state index contributed by atoms with van der Waals surface area (Å²) in [6, 6.07) is 9.56. The molecule has 1 amide bonds. The third-order valence-corrected chi connectivity index (χ3v) is 8.44. The van der Waals surface area contributed by atoms with Crippen LogP contribution in [0.1, 0.15) is 77.5 Å². The average molecular weight is 742 g/mol. The number of amides is 1. The van der Waals surface area contributed by atoms with E-state index in [9.17, 15) is 19.2 Å². The molecule has 53 heavy (non-hydrogen) atoms. The number of esters is 2. The average Bonchev–Trinajstić information content (AvgIpc) is 3.13. The van der Waals surface area contributed by atoms with Crippen LogP contribution in [0.2, 0.25) is 0 Å². The number of hydrogen-bond donors (Lipinski definition) is 0. The number of methoxy groups -OCH3 is 3. The fraction of sp³-hybridized carbons (Fsp3) is 0.550. The van der Waals surface area contributed by atoms with Gasteiger partial charge in [0.15, 0.2) is 18.1 Å². The van der Waals surface area contributed by atoms with Gasteiger partial charge in [0.2, 0.25) is 11.5 Å². The van der Waals surface area contributed by atoms with Crippen LogP contribution >= 0.6 is 0 Å². The van der Waals surface area contributed by atoms with E-state index in [0.717, 1.165) is 5.56 Å². The van der Waals surface area contributed by atoms with Crippen LogP contribution in [0.4, 0.5) is 0 Å². The van der Waals surface area contributed by atoms with Crippen LogP contribution in [0.25, 0.3) is 0 Å². The van der Waals surface area contributed by atoms with Crippen molar-refractivity contribution >= 4 is 23.6 Å². The standard InChI is InChI=1S/C40H55NO12/c1-10-22-49-26-50-25-40(5,6)36(43)37(44)41-21-12-11-16-30(41)38(45)52-31(19-17-27-18-20-32(46-7)35(48-9)34(27)47-8)28-14-13-15-29(23-28)51-24-33(42)53-39(2,3)4/h10,13-15,18,20,23,30-31H,1,11-12,16-17,19,21-22,24-26H2,2-9H3/t30-,31+/m0/s1. The van der Waals surface area contributed by atoms with Crippen molar-refractivity contribution in [2.75, 3.05) is 54.5 Å². The van der Waals surface area contributed by atoms with E-state index in [0.29, 0.717) is 60.7 Å². The lowest BCUT2D eigenvalue weighted by atomic mass is 9.87. The number of aryl methyl sites for hydroxylation is 1. The lowest BCUT2D eigenvalue weighted by Crippen LogP contribution is -2.53. The van der Waals surface area contributed by atoms with E-state index >= 15 is 0 Å². The Balaban J connectivity index is 1.88. The number of hydrogen-bond acceptors (Lipinski definition) is 12. The highest BCUT2D eigenvalue weighted by atomic mass is 16.7. The van der Waals surface area contributed by atoms with Crippen molar-refractivity contribution in [1.82, 2.24) is 4.90 Å². The largest absolute Gasteiger partial charge is 0.493 e. The number of likely N-dealkylation sites (tertiary alicyclic amines) is 1. The van der Waals surface area contributed by atoms with Gasteiger partial charge in [0.05, 0.1) is 40.0 Å². The zero-order valence-electron chi connectivity index (χ0n) is 32.3. The molecule has 2 aromatic carbocycles. The van der Waals surface area contributed by atoms with Crippen LogP contribution in [0.15, 0.2) is 49.1 Å². The lowest BCUT2D eigenvalue weighted by Gasteiger charge is -2.36. The number of carbonyl (C=O) groups is 4. The lowest BCUT2D eigenvalue weighted by molar-refractivity contribution is -0.165. The minimum atomic E-state index is -1.17. The SMILES string of the molecule is C=CCOCOCC(C)(C)C(=O)C(=O)N1CCCC[C@H]1C(=O)O[C@H](CCc1ccc(OC)c(OC)c1OC)c1cccc(OCC(=O)OC(C)(C)C)c1. The first-order valence-electron chi connectivity index (χ1n) is 17.7. The van der Waals surface area contributed by atoms with Crippen molar-refractivity contribution in [3.05, 3.63) is 60.2 Å². The van der Waals surface area contributed by atoms with Gasteiger partial charge in [-0.2, -0.15) is 0 Å². The molecule has 0 aliphatic carbocycles. The molecule has 1 saturated heterocycles. The Kier molecular flexibility index (Phi) is 16.1. The van der Waals surface area contributed by atoms with Crippen LogP contribution in [-0.4, -0.2) is 94.7 Å². The van der Waals surface area contributed by atoms with Gasteiger partial charge in [-0.1, -0.05) is 38.1 Å². The summed E-state index contributed by atoms with van der Waals surface area (Å²) in [6.07, 6.45) is 3.08. The summed E-state index contributed by atoms with van der Waals surface area (Å²) in [5.74, 6) is -0.828. The Morgan fingerprint density at radius 2 is 1.68 bits per heavy atom. The molecular weight excluding hydrogens is 686 g/mol. The van der Waals surface area contributed by atoms with E-state index in [2.05, 4.69) is 6.58 Å². The van der Waals surface area contributed by atoms with Gasteiger partial charge in [-0.15, -0.1) is 6.58 Å². The summed E-state index contributed by atoms with van der Waals surface area (Å²) < 4.78 is 44.8. The smallest absolute Gasteiger partial charge is 0.344 e. The van der Waals surface area contributed by atoms with E-state index in [1.807, 2.05) is 6.07 Å². The minimum Gasteiger partial charge on any atom is -0.493 e. The summed E-state index contributed by atoms with van der Waals surface area (Å²) in [5.41, 5.74) is -0.458. The molecule has 0 saturated carbocycles. The summed E-state index contributed by atoms with van der Waals surface area (Å²) in [5, 5.41) is 0. The zero-order valence-corrected chi connectivity index (χ0v) is 32.3. The molecule has 0 radical (unpaired) electrons. The first-order valence-corrected chi connectivity index (χ1v) is 17.7. The zero-order chi connectivity index (χ0) is 39.2. The second-order valence-corrected chi connectivity index (χ2v) is 14.3. The minimum absolute atomic E-state index is 0.0499. The molecule has 0 unspecified atom stereocenters. The van der Waals surface area contributed by atoms with Gasteiger partial charge in [-0.05, 0) is 82.2 Å². The molecule has 0 spiro atoms. The van der Waals surface area contributed by atoms with E-state index < -0.39 is 46.8 Å². The van der Waals surface area contributed by atoms with Crippen molar-refractivity contribution in [3.8, 4) is 23.0 Å². The predicted molar refractivity (Wildman–Crippen MR) is 196 cm³/mol. The highest BCUT2D eigenvalue weighted by Gasteiger charge is 2.42. The Labute approximate surface area is 312 Å². The van der Waals surface area contributed by atoms with Crippen molar-refractivity contribution in [2.24, 2.45) is 5.41 Å².